The number of halogens is 2. The summed E-state index contributed by atoms with van der Waals surface area (Å²) in [4.78, 5) is 0. The lowest BCUT2D eigenvalue weighted by molar-refractivity contribution is 0.828. The first-order valence-corrected chi connectivity index (χ1v) is 17.6. The minimum Gasteiger partial charge on any atom is -0.115 e. The second-order valence-electron chi connectivity index (χ2n) is 9.30. The molecule has 0 spiro atoms. The van der Waals surface area contributed by atoms with Crippen molar-refractivity contribution < 1.29 is 0 Å². The summed E-state index contributed by atoms with van der Waals surface area (Å²) in [6.07, 6.45) is 26.5. The monoisotopic (exact) mass is 830 g/mol. The van der Waals surface area contributed by atoms with Crippen molar-refractivity contribution in [2.24, 2.45) is 0 Å². The molecule has 2 aromatic carbocycles. The Balaban J connectivity index is 0. The Morgan fingerprint density at radius 1 is 0.543 bits per heavy atom. The highest BCUT2D eigenvalue weighted by atomic mass is 127. The van der Waals surface area contributed by atoms with Crippen molar-refractivity contribution >= 4 is 45.2 Å². The van der Waals surface area contributed by atoms with E-state index in [4.69, 9.17) is 6.42 Å². The molecule has 0 radical (unpaired) electrons. The van der Waals surface area contributed by atoms with Crippen molar-refractivity contribution in [2.75, 3.05) is 0 Å². The number of hydrogen-bond donors (Lipinski definition) is 0. The number of benzene rings is 2. The van der Waals surface area contributed by atoms with Crippen molar-refractivity contribution in [1.29, 1.82) is 0 Å². The van der Waals surface area contributed by atoms with Crippen LogP contribution in [-0.2, 0) is 0 Å². The van der Waals surface area contributed by atoms with Crippen LogP contribution in [0.15, 0.2) is 85.0 Å². The minimum absolute atomic E-state index is 0. The van der Waals surface area contributed by atoms with E-state index in [0.29, 0.717) is 6.42 Å². The number of unbranched alkanes of at least 4 members (excludes halogenated alkanes) is 6. The van der Waals surface area contributed by atoms with Gasteiger partial charge < -0.3 is 0 Å². The van der Waals surface area contributed by atoms with E-state index in [1.165, 1.54) is 39.2 Å². The molecule has 0 amide bonds. The summed E-state index contributed by atoms with van der Waals surface area (Å²) in [6.45, 7) is 6.50. The molecule has 0 saturated heterocycles. The van der Waals surface area contributed by atoms with Gasteiger partial charge in [0.2, 0.25) is 0 Å². The summed E-state index contributed by atoms with van der Waals surface area (Å²) in [5, 5.41) is 0. The third kappa shape index (κ3) is 31.9. The van der Waals surface area contributed by atoms with Gasteiger partial charge in [0, 0.05) is 44.0 Å². The summed E-state index contributed by atoms with van der Waals surface area (Å²) in [6, 6.07) is 16.4. The van der Waals surface area contributed by atoms with Crippen LogP contribution in [0, 0.1) is 78.7 Å². The van der Waals surface area contributed by atoms with Crippen LogP contribution in [0.1, 0.15) is 104 Å². The maximum atomic E-state index is 4.96. The predicted molar refractivity (Wildman–Crippen MR) is 222 cm³/mol. The van der Waals surface area contributed by atoms with Crippen molar-refractivity contribution in [3.05, 3.63) is 103 Å². The zero-order valence-corrected chi connectivity index (χ0v) is 31.3. The first kappa shape index (κ1) is 44.6. The van der Waals surface area contributed by atoms with Gasteiger partial charge in [-0.3, -0.25) is 0 Å². The van der Waals surface area contributed by atoms with Gasteiger partial charge in [-0.15, -0.1) is 6.42 Å². The second-order valence-corrected chi connectivity index (χ2v) is 11.8. The molecule has 0 saturated carbocycles. The third-order valence-electron chi connectivity index (χ3n) is 5.34. The molecule has 2 heteroatoms. The van der Waals surface area contributed by atoms with Crippen molar-refractivity contribution in [3.63, 3.8) is 0 Å². The molecule has 0 aromatic heterocycles. The third-order valence-corrected chi connectivity index (χ3v) is 6.78. The van der Waals surface area contributed by atoms with E-state index in [2.05, 4.69) is 155 Å². The molecule has 0 aliphatic heterocycles. The van der Waals surface area contributed by atoms with Gasteiger partial charge in [-0.05, 0) is 143 Å². The van der Waals surface area contributed by atoms with Gasteiger partial charge in [-0.2, -0.15) is 0 Å². The molecule has 0 fully saturated rings. The Labute approximate surface area is 310 Å². The molecule has 0 atom stereocenters. The first-order valence-electron chi connectivity index (χ1n) is 15.4. The van der Waals surface area contributed by atoms with Gasteiger partial charge >= 0.3 is 0 Å². The van der Waals surface area contributed by atoms with Crippen LogP contribution in [-0.4, -0.2) is 0 Å². The van der Waals surface area contributed by atoms with Gasteiger partial charge in [-0.1, -0.05) is 119 Å². The molecule has 0 aliphatic carbocycles. The molecule has 0 bridgehead atoms. The molecular formula is C44H48I2. The molecular weight excluding hydrogens is 782 g/mol. The van der Waals surface area contributed by atoms with Crippen molar-refractivity contribution in [3.8, 4) is 71.5 Å². The number of allylic oxidation sites excluding steroid dienone is 6. The van der Waals surface area contributed by atoms with Gasteiger partial charge in [-0.25, -0.2) is 0 Å². The molecule has 2 aromatic rings. The van der Waals surface area contributed by atoms with Crippen LogP contribution in [0.5, 0.6) is 0 Å². The van der Waals surface area contributed by atoms with Crippen molar-refractivity contribution in [2.45, 2.75) is 92.4 Å². The van der Waals surface area contributed by atoms with E-state index in [1.807, 2.05) is 42.5 Å². The van der Waals surface area contributed by atoms with E-state index in [-0.39, 0.29) is 7.43 Å². The highest BCUT2D eigenvalue weighted by molar-refractivity contribution is 14.1. The maximum absolute atomic E-state index is 4.96. The van der Waals surface area contributed by atoms with Gasteiger partial charge in [0.15, 0.2) is 0 Å². The number of hydrogen-bond acceptors (Lipinski definition) is 0. The van der Waals surface area contributed by atoms with Crippen LogP contribution in [0.25, 0.3) is 0 Å². The Bertz CT molecular complexity index is 1480. The van der Waals surface area contributed by atoms with E-state index >= 15 is 0 Å². The standard InChI is InChI=1S/C27H28.C10H12.C6H4I2.CH4/c1-3-5-7-9-11-13-15-17-19-21-27-24-22-26(23-25-27)20-18-16-14-12-10-8-6-4-2;1-3-5-7-9-10-8-6-4-2;7-5-1-2-6(8)4-3-5;/h13-16,22-25H,3-8,17H2,1-2H3;1,5,7H,4,6,8H2,2H3;1-4H;1H4/b15-13-,16-14-;7-5-;;. The summed E-state index contributed by atoms with van der Waals surface area (Å²) in [5.74, 6) is 32.9. The number of rotatable bonds is 7. The Morgan fingerprint density at radius 2 is 0.957 bits per heavy atom. The summed E-state index contributed by atoms with van der Waals surface area (Å²) >= 11 is 4.59. The SMILES string of the molecule is C.C#C/C=C\C#CCCCC.CCCCC#C/C=C\C#Cc1ccc(C#CC/C=C\C#CCCCC)cc1.Ic1ccc(I)cc1. The topological polar surface area (TPSA) is 0 Å². The lowest BCUT2D eigenvalue weighted by Crippen LogP contribution is -1.76. The molecule has 0 N–H and O–H groups in total. The molecule has 0 heterocycles. The Hall–Kier alpha value is -3.52. The Kier molecular flexibility index (Phi) is 34.9. The van der Waals surface area contributed by atoms with E-state index in [1.54, 1.807) is 18.2 Å². The average Bonchev–Trinajstić information content (AvgIpc) is 3.06. The average molecular weight is 831 g/mol. The lowest BCUT2D eigenvalue weighted by atomic mass is 10.1. The zero-order valence-electron chi connectivity index (χ0n) is 27.0. The minimum atomic E-state index is 0. The largest absolute Gasteiger partial charge is 0.115 e. The fourth-order valence-corrected chi connectivity index (χ4v) is 3.60. The van der Waals surface area contributed by atoms with Crippen LogP contribution in [0.2, 0.25) is 0 Å². The molecule has 0 aliphatic rings. The quantitative estimate of drug-likeness (QED) is 0.148. The van der Waals surface area contributed by atoms with E-state index < -0.39 is 0 Å². The smallest absolute Gasteiger partial charge is 0.0282 e. The molecule has 238 valence electrons. The van der Waals surface area contributed by atoms with Crippen LogP contribution < -0.4 is 0 Å². The first-order chi connectivity index (χ1) is 22.1. The molecule has 46 heavy (non-hydrogen) atoms. The fourth-order valence-electron chi connectivity index (χ4n) is 2.88. The van der Waals surface area contributed by atoms with E-state index in [9.17, 15) is 0 Å². The van der Waals surface area contributed by atoms with E-state index in [0.717, 1.165) is 36.8 Å². The van der Waals surface area contributed by atoms with Gasteiger partial charge in [0.25, 0.3) is 0 Å². The highest BCUT2D eigenvalue weighted by Gasteiger charge is 1.87. The lowest BCUT2D eigenvalue weighted by Gasteiger charge is -1.90. The van der Waals surface area contributed by atoms with Crippen molar-refractivity contribution in [1.82, 2.24) is 0 Å². The highest BCUT2D eigenvalue weighted by Crippen LogP contribution is 2.07. The molecule has 0 unspecified atom stereocenters. The summed E-state index contributed by atoms with van der Waals surface area (Å²) < 4.78 is 2.59. The zero-order chi connectivity index (χ0) is 33.1. The maximum Gasteiger partial charge on any atom is 0.0282 e. The number of terminal acetylenes is 1. The summed E-state index contributed by atoms with van der Waals surface area (Å²) in [7, 11) is 0. The molecule has 2 rings (SSSR count). The van der Waals surface area contributed by atoms with Crippen LogP contribution in [0.4, 0.5) is 0 Å². The fraction of sp³-hybridized carbons (Fsp3) is 0.318. The van der Waals surface area contributed by atoms with Gasteiger partial charge in [0.1, 0.15) is 0 Å². The van der Waals surface area contributed by atoms with Gasteiger partial charge in [0.05, 0.1) is 0 Å². The summed E-state index contributed by atoms with van der Waals surface area (Å²) in [5.41, 5.74) is 1.98. The predicted octanol–water partition coefficient (Wildman–Crippen LogP) is 12.2. The van der Waals surface area contributed by atoms with Crippen LogP contribution in [0.3, 0.4) is 0 Å². The van der Waals surface area contributed by atoms with Crippen LogP contribution >= 0.6 is 45.2 Å². The molecule has 0 nitrogen and oxygen atoms in total. The normalized spacial score (nSPS) is 8.96. The second kappa shape index (κ2) is 36.0. The Morgan fingerprint density at radius 3 is 1.41 bits per heavy atom.